The molecule has 2 aromatic carbocycles. The lowest BCUT2D eigenvalue weighted by Gasteiger charge is -2.48. The highest BCUT2D eigenvalue weighted by Crippen LogP contribution is 2.45. The SMILES string of the molecule is CNC1(c2ccccc2)CCC2(CC1)CNC(=O)N2Cc1ccccc1OC. The van der Waals surface area contributed by atoms with Gasteiger partial charge in [-0.3, -0.25) is 0 Å². The van der Waals surface area contributed by atoms with Crippen LogP contribution in [-0.4, -0.2) is 37.2 Å². The van der Waals surface area contributed by atoms with Crippen molar-refractivity contribution >= 4 is 6.03 Å². The summed E-state index contributed by atoms with van der Waals surface area (Å²) in [6.45, 7) is 1.29. The average Bonchev–Trinajstić information content (AvgIpc) is 3.05. The van der Waals surface area contributed by atoms with Crippen LogP contribution in [0.4, 0.5) is 4.79 Å². The van der Waals surface area contributed by atoms with Gasteiger partial charge in [-0.1, -0.05) is 48.5 Å². The molecular formula is C23H29N3O2. The summed E-state index contributed by atoms with van der Waals surface area (Å²) in [6.07, 6.45) is 3.95. The molecule has 5 nitrogen and oxygen atoms in total. The van der Waals surface area contributed by atoms with E-state index in [1.54, 1.807) is 7.11 Å². The lowest BCUT2D eigenvalue weighted by atomic mass is 9.69. The third-order valence-corrected chi connectivity index (χ3v) is 6.75. The van der Waals surface area contributed by atoms with E-state index in [9.17, 15) is 4.79 Å². The molecule has 4 rings (SSSR count). The van der Waals surface area contributed by atoms with E-state index in [2.05, 4.69) is 48.0 Å². The molecule has 2 fully saturated rings. The molecule has 0 unspecified atom stereocenters. The summed E-state index contributed by atoms with van der Waals surface area (Å²) < 4.78 is 5.51. The van der Waals surface area contributed by atoms with E-state index in [4.69, 9.17) is 4.74 Å². The quantitative estimate of drug-likeness (QED) is 0.834. The second kappa shape index (κ2) is 7.47. The van der Waals surface area contributed by atoms with Gasteiger partial charge < -0.3 is 20.3 Å². The highest BCUT2D eigenvalue weighted by molar-refractivity contribution is 5.78. The summed E-state index contributed by atoms with van der Waals surface area (Å²) in [5.41, 5.74) is 2.23. The van der Waals surface area contributed by atoms with E-state index in [1.165, 1.54) is 5.56 Å². The Balaban J connectivity index is 1.57. The lowest BCUT2D eigenvalue weighted by molar-refractivity contribution is 0.0739. The Bertz CT molecular complexity index is 829. The van der Waals surface area contributed by atoms with Gasteiger partial charge in [-0.2, -0.15) is 0 Å². The number of ether oxygens (including phenoxy) is 1. The smallest absolute Gasteiger partial charge is 0.318 e. The first-order valence-corrected chi connectivity index (χ1v) is 10.0. The molecule has 1 aliphatic heterocycles. The standard InChI is InChI=1S/C23H29N3O2/c1-24-23(19-9-4-3-5-10-19)14-12-22(13-15-23)17-25-21(27)26(22)16-18-8-6-7-11-20(18)28-2/h3-11,24H,12-17H2,1-2H3,(H,25,27). The molecule has 2 N–H and O–H groups in total. The molecule has 0 atom stereocenters. The summed E-state index contributed by atoms with van der Waals surface area (Å²) in [4.78, 5) is 14.7. The maximum absolute atomic E-state index is 12.7. The van der Waals surface area contributed by atoms with E-state index < -0.39 is 0 Å². The largest absolute Gasteiger partial charge is 0.496 e. The molecule has 1 aliphatic carbocycles. The molecular weight excluding hydrogens is 350 g/mol. The number of benzene rings is 2. The van der Waals surface area contributed by atoms with Crippen LogP contribution >= 0.6 is 0 Å². The lowest BCUT2D eigenvalue weighted by Crippen LogP contribution is -2.54. The molecule has 1 heterocycles. The first kappa shape index (κ1) is 18.8. The fourth-order valence-electron chi connectivity index (χ4n) is 4.92. The fraction of sp³-hybridized carbons (Fsp3) is 0.435. The van der Waals surface area contributed by atoms with E-state index in [0.717, 1.165) is 43.5 Å². The number of methoxy groups -OCH3 is 1. The molecule has 28 heavy (non-hydrogen) atoms. The van der Waals surface area contributed by atoms with Crippen molar-refractivity contribution in [3.8, 4) is 5.75 Å². The van der Waals surface area contributed by atoms with E-state index in [1.807, 2.05) is 29.2 Å². The van der Waals surface area contributed by atoms with Crippen LogP contribution in [0.25, 0.3) is 0 Å². The molecule has 0 aromatic heterocycles. The van der Waals surface area contributed by atoms with E-state index in [0.29, 0.717) is 6.54 Å². The molecule has 148 valence electrons. The minimum absolute atomic E-state index is 0.0196. The van der Waals surface area contributed by atoms with Crippen molar-refractivity contribution in [3.63, 3.8) is 0 Å². The number of hydrogen-bond donors (Lipinski definition) is 2. The molecule has 0 bridgehead atoms. The van der Waals surface area contributed by atoms with Crippen LogP contribution in [0, 0.1) is 0 Å². The molecule has 2 aromatic rings. The van der Waals surface area contributed by atoms with Crippen molar-refractivity contribution in [2.75, 3.05) is 20.7 Å². The highest BCUT2D eigenvalue weighted by Gasteiger charge is 2.50. The van der Waals surface area contributed by atoms with Gasteiger partial charge in [0.2, 0.25) is 0 Å². The summed E-state index contributed by atoms with van der Waals surface area (Å²) in [5.74, 6) is 0.835. The second-order valence-electron chi connectivity index (χ2n) is 7.98. The van der Waals surface area contributed by atoms with Gasteiger partial charge in [-0.15, -0.1) is 0 Å². The minimum Gasteiger partial charge on any atom is -0.496 e. The van der Waals surface area contributed by atoms with Crippen LogP contribution in [0.15, 0.2) is 54.6 Å². The zero-order valence-electron chi connectivity index (χ0n) is 16.7. The first-order chi connectivity index (χ1) is 13.6. The molecule has 1 saturated heterocycles. The normalized spacial score (nSPS) is 27.1. The van der Waals surface area contributed by atoms with Gasteiger partial charge in [0.1, 0.15) is 5.75 Å². The summed E-state index contributed by atoms with van der Waals surface area (Å²) in [5, 5.41) is 6.69. The number of nitrogens with one attached hydrogen (secondary N) is 2. The summed E-state index contributed by atoms with van der Waals surface area (Å²) in [7, 11) is 3.73. The number of nitrogens with zero attached hydrogens (tertiary/aromatic N) is 1. The molecule has 1 saturated carbocycles. The minimum atomic E-state index is -0.132. The van der Waals surface area contributed by atoms with Crippen LogP contribution in [0.3, 0.4) is 0 Å². The van der Waals surface area contributed by atoms with Crippen LogP contribution in [0.1, 0.15) is 36.8 Å². The Morgan fingerprint density at radius 3 is 2.39 bits per heavy atom. The summed E-state index contributed by atoms with van der Waals surface area (Å²) in [6, 6.07) is 18.7. The van der Waals surface area contributed by atoms with Crippen LogP contribution in [-0.2, 0) is 12.1 Å². The topological polar surface area (TPSA) is 53.6 Å². The number of carbonyl (C=O) groups excluding carboxylic acids is 1. The number of amides is 2. The van der Waals surface area contributed by atoms with Gasteiger partial charge in [0.05, 0.1) is 19.2 Å². The van der Waals surface area contributed by atoms with Gasteiger partial charge in [-0.05, 0) is 44.4 Å². The maximum atomic E-state index is 12.7. The predicted octanol–water partition coefficient (Wildman–Crippen LogP) is 3.65. The average molecular weight is 380 g/mol. The van der Waals surface area contributed by atoms with Gasteiger partial charge in [0, 0.05) is 17.6 Å². The van der Waals surface area contributed by atoms with Crippen molar-refractivity contribution < 1.29 is 9.53 Å². The predicted molar refractivity (Wildman–Crippen MR) is 110 cm³/mol. The van der Waals surface area contributed by atoms with Gasteiger partial charge in [0.25, 0.3) is 0 Å². The van der Waals surface area contributed by atoms with Crippen molar-refractivity contribution in [1.29, 1.82) is 0 Å². The number of urea groups is 1. The number of para-hydroxylation sites is 1. The van der Waals surface area contributed by atoms with E-state index in [-0.39, 0.29) is 17.1 Å². The van der Waals surface area contributed by atoms with Crippen LogP contribution in [0.5, 0.6) is 5.75 Å². The van der Waals surface area contributed by atoms with Crippen molar-refractivity contribution in [2.45, 2.75) is 43.3 Å². The molecule has 5 heteroatoms. The molecule has 1 spiro atoms. The highest BCUT2D eigenvalue weighted by atomic mass is 16.5. The monoisotopic (exact) mass is 379 g/mol. The Labute approximate surface area is 167 Å². The van der Waals surface area contributed by atoms with Crippen molar-refractivity contribution in [3.05, 3.63) is 65.7 Å². The van der Waals surface area contributed by atoms with Gasteiger partial charge in [-0.25, -0.2) is 4.79 Å². The molecule has 2 amide bonds. The summed E-state index contributed by atoms with van der Waals surface area (Å²) >= 11 is 0. The maximum Gasteiger partial charge on any atom is 0.318 e. The number of hydrogen-bond acceptors (Lipinski definition) is 3. The van der Waals surface area contributed by atoms with Gasteiger partial charge >= 0.3 is 6.03 Å². The Hall–Kier alpha value is -2.53. The Morgan fingerprint density at radius 2 is 1.71 bits per heavy atom. The van der Waals surface area contributed by atoms with Crippen molar-refractivity contribution in [2.24, 2.45) is 0 Å². The third kappa shape index (κ3) is 3.14. The fourth-order valence-corrected chi connectivity index (χ4v) is 4.92. The Morgan fingerprint density at radius 1 is 1.04 bits per heavy atom. The zero-order chi connectivity index (χ0) is 19.6. The number of rotatable bonds is 5. The van der Waals surface area contributed by atoms with E-state index >= 15 is 0 Å². The van der Waals surface area contributed by atoms with Crippen LogP contribution < -0.4 is 15.4 Å². The first-order valence-electron chi connectivity index (χ1n) is 10.0. The second-order valence-corrected chi connectivity index (χ2v) is 7.98. The Kier molecular flexibility index (Phi) is 5.02. The van der Waals surface area contributed by atoms with Crippen molar-refractivity contribution in [1.82, 2.24) is 15.5 Å². The zero-order valence-corrected chi connectivity index (χ0v) is 16.7. The third-order valence-electron chi connectivity index (χ3n) is 6.75. The van der Waals surface area contributed by atoms with Crippen LogP contribution in [0.2, 0.25) is 0 Å². The van der Waals surface area contributed by atoms with Gasteiger partial charge in [0.15, 0.2) is 0 Å². The molecule has 2 aliphatic rings. The number of carbonyl (C=O) groups is 1. The molecule has 0 radical (unpaired) electrons.